The van der Waals surface area contributed by atoms with Gasteiger partial charge in [0.15, 0.2) is 0 Å². The van der Waals surface area contributed by atoms with E-state index in [1.807, 2.05) is 64.1 Å². The number of halogens is 2. The van der Waals surface area contributed by atoms with Crippen molar-refractivity contribution in [2.24, 2.45) is 5.92 Å². The van der Waals surface area contributed by atoms with E-state index >= 15 is 0 Å². The lowest BCUT2D eigenvalue weighted by Gasteiger charge is -2.16. The predicted octanol–water partition coefficient (Wildman–Crippen LogP) is 6.33. The Hall–Kier alpha value is -3.38. The number of fused-ring (bicyclic) bond motifs is 1. The highest BCUT2D eigenvalue weighted by Gasteiger charge is 2.17. The maximum Gasteiger partial charge on any atom is 0.222 e. The molecule has 4 aromatic rings. The van der Waals surface area contributed by atoms with E-state index in [9.17, 15) is 9.18 Å². The fraction of sp³-hybridized carbons (Fsp3) is 0.259. The third-order valence-corrected chi connectivity index (χ3v) is 5.99. The van der Waals surface area contributed by atoms with E-state index in [-0.39, 0.29) is 23.7 Å². The van der Waals surface area contributed by atoms with E-state index in [1.54, 1.807) is 16.8 Å². The average Bonchev–Trinajstić information content (AvgIpc) is 3.19. The van der Waals surface area contributed by atoms with E-state index in [2.05, 4.69) is 5.32 Å². The van der Waals surface area contributed by atoms with Gasteiger partial charge in [-0.3, -0.25) is 4.79 Å². The number of carbonyl (C=O) groups is 1. The predicted molar refractivity (Wildman–Crippen MR) is 134 cm³/mol. The summed E-state index contributed by atoms with van der Waals surface area (Å²) in [5.41, 5.74) is 4.25. The largest absolute Gasteiger partial charge is 0.491 e. The van der Waals surface area contributed by atoms with Gasteiger partial charge in [-0.25, -0.2) is 9.07 Å². The Morgan fingerprint density at radius 2 is 1.82 bits per heavy atom. The summed E-state index contributed by atoms with van der Waals surface area (Å²) in [7, 11) is 0. The van der Waals surface area contributed by atoms with Crippen LogP contribution in [-0.4, -0.2) is 28.3 Å². The number of hydrogen-bond donors (Lipinski definition) is 1. The summed E-state index contributed by atoms with van der Waals surface area (Å²) in [5.74, 6) is 0.279. The summed E-state index contributed by atoms with van der Waals surface area (Å²) in [6, 6.07) is 17.6. The summed E-state index contributed by atoms with van der Waals surface area (Å²) in [5, 5.41) is 9.38. The molecule has 176 valence electrons. The number of nitrogens with one attached hydrogen (secondary N) is 1. The van der Waals surface area contributed by atoms with Crippen LogP contribution in [0.25, 0.3) is 27.8 Å². The molecule has 1 unspecified atom stereocenters. The van der Waals surface area contributed by atoms with Crippen LogP contribution in [0.5, 0.6) is 5.75 Å². The van der Waals surface area contributed by atoms with Crippen molar-refractivity contribution in [3.63, 3.8) is 0 Å². The molecule has 0 aliphatic rings. The first-order chi connectivity index (χ1) is 16.2. The van der Waals surface area contributed by atoms with Gasteiger partial charge in [0, 0.05) is 21.9 Å². The zero-order chi connectivity index (χ0) is 24.4. The molecule has 0 aliphatic heterocycles. The first-order valence-corrected chi connectivity index (χ1v) is 11.6. The van der Waals surface area contributed by atoms with Gasteiger partial charge in [-0.1, -0.05) is 31.5 Å². The number of aromatic nitrogens is 2. The van der Waals surface area contributed by atoms with Crippen LogP contribution in [0.2, 0.25) is 5.02 Å². The van der Waals surface area contributed by atoms with Gasteiger partial charge >= 0.3 is 0 Å². The molecular weight excluding hydrogens is 453 g/mol. The maximum atomic E-state index is 13.5. The number of nitrogens with zero attached hydrogens (tertiary/aromatic N) is 2. The fourth-order valence-electron chi connectivity index (χ4n) is 3.64. The third kappa shape index (κ3) is 5.07. The number of aryl methyl sites for hydroxylation is 1. The Morgan fingerprint density at radius 1 is 1.09 bits per heavy atom. The second kappa shape index (κ2) is 9.85. The summed E-state index contributed by atoms with van der Waals surface area (Å²) >= 11 is 6.24. The molecule has 1 atom stereocenters. The minimum absolute atomic E-state index is 0.00693. The van der Waals surface area contributed by atoms with Crippen LogP contribution < -0.4 is 10.1 Å². The van der Waals surface area contributed by atoms with Gasteiger partial charge in [-0.2, -0.15) is 5.10 Å². The number of amides is 1. The summed E-state index contributed by atoms with van der Waals surface area (Å²) < 4.78 is 21.3. The quantitative estimate of drug-likeness (QED) is 0.337. The molecule has 7 heteroatoms. The Bertz CT molecular complexity index is 1330. The topological polar surface area (TPSA) is 56.1 Å². The highest BCUT2D eigenvalue weighted by atomic mass is 35.5. The molecule has 1 heterocycles. The molecule has 0 spiro atoms. The molecular formula is C27H27ClFN3O2. The molecule has 0 saturated heterocycles. The van der Waals surface area contributed by atoms with E-state index in [0.717, 1.165) is 33.4 Å². The minimum atomic E-state index is -0.303. The van der Waals surface area contributed by atoms with Crippen molar-refractivity contribution >= 4 is 28.4 Å². The van der Waals surface area contributed by atoms with Crippen molar-refractivity contribution in [1.82, 2.24) is 15.1 Å². The van der Waals surface area contributed by atoms with Crippen molar-refractivity contribution in [2.45, 2.75) is 33.7 Å². The van der Waals surface area contributed by atoms with Crippen LogP contribution in [0, 0.1) is 18.7 Å². The Morgan fingerprint density at radius 3 is 2.50 bits per heavy atom. The number of benzene rings is 3. The molecule has 0 bridgehead atoms. The summed E-state index contributed by atoms with van der Waals surface area (Å²) in [6.07, 6.45) is 0. The van der Waals surface area contributed by atoms with Crippen LogP contribution in [0.1, 0.15) is 26.3 Å². The van der Waals surface area contributed by atoms with Crippen LogP contribution in [0.3, 0.4) is 0 Å². The Balaban J connectivity index is 1.72. The van der Waals surface area contributed by atoms with E-state index < -0.39 is 0 Å². The average molecular weight is 480 g/mol. The van der Waals surface area contributed by atoms with Crippen molar-refractivity contribution in [3.05, 3.63) is 77.1 Å². The van der Waals surface area contributed by atoms with Crippen molar-refractivity contribution in [2.75, 3.05) is 6.61 Å². The van der Waals surface area contributed by atoms with Gasteiger partial charge in [-0.05, 0) is 74.0 Å². The van der Waals surface area contributed by atoms with Gasteiger partial charge in [0.05, 0.1) is 17.2 Å². The Kier molecular flexibility index (Phi) is 6.89. The normalized spacial score (nSPS) is 12.2. The van der Waals surface area contributed by atoms with Gasteiger partial charge in [-0.15, -0.1) is 0 Å². The highest BCUT2D eigenvalue weighted by Crippen LogP contribution is 2.34. The first kappa shape index (κ1) is 23.8. The van der Waals surface area contributed by atoms with Crippen molar-refractivity contribution < 1.29 is 13.9 Å². The van der Waals surface area contributed by atoms with Crippen molar-refractivity contribution in [1.29, 1.82) is 0 Å². The minimum Gasteiger partial charge on any atom is -0.491 e. The molecule has 5 nitrogen and oxygen atoms in total. The summed E-state index contributed by atoms with van der Waals surface area (Å²) in [4.78, 5) is 11.9. The van der Waals surface area contributed by atoms with Crippen LogP contribution in [0.15, 0.2) is 60.7 Å². The molecule has 0 radical (unpaired) electrons. The molecule has 34 heavy (non-hydrogen) atoms. The number of rotatable bonds is 7. The van der Waals surface area contributed by atoms with Gasteiger partial charge in [0.2, 0.25) is 5.91 Å². The molecule has 0 aliphatic carbocycles. The van der Waals surface area contributed by atoms with Crippen molar-refractivity contribution in [3.8, 4) is 22.7 Å². The lowest BCUT2D eigenvalue weighted by Crippen LogP contribution is -2.39. The van der Waals surface area contributed by atoms with Gasteiger partial charge < -0.3 is 10.1 Å². The molecule has 1 amide bonds. The lowest BCUT2D eigenvalue weighted by molar-refractivity contribution is -0.124. The fourth-order valence-corrected chi connectivity index (χ4v) is 3.76. The Labute approximate surface area is 203 Å². The zero-order valence-corrected chi connectivity index (χ0v) is 20.4. The third-order valence-electron chi connectivity index (χ3n) is 5.57. The highest BCUT2D eigenvalue weighted by molar-refractivity contribution is 6.31. The molecule has 0 saturated carbocycles. The molecule has 1 N–H and O–H groups in total. The lowest BCUT2D eigenvalue weighted by atomic mass is 10.1. The molecule has 1 aromatic heterocycles. The zero-order valence-electron chi connectivity index (χ0n) is 19.6. The van der Waals surface area contributed by atoms with E-state index in [0.29, 0.717) is 17.4 Å². The second-order valence-corrected chi connectivity index (χ2v) is 9.16. The second-order valence-electron chi connectivity index (χ2n) is 8.76. The first-order valence-electron chi connectivity index (χ1n) is 11.2. The van der Waals surface area contributed by atoms with Crippen LogP contribution >= 0.6 is 11.6 Å². The number of carbonyl (C=O) groups excluding carboxylic acids is 1. The van der Waals surface area contributed by atoms with E-state index in [1.165, 1.54) is 12.1 Å². The SMILES string of the molecule is Cc1cc(-c2nn(-c3ccc(F)cc3)c3ccc(OCC(C)NC(=O)C(C)C)cc23)ccc1Cl. The molecule has 0 fully saturated rings. The van der Waals surface area contributed by atoms with Gasteiger partial charge in [0.1, 0.15) is 23.9 Å². The number of ether oxygens (including phenoxy) is 1. The van der Waals surface area contributed by atoms with E-state index in [4.69, 9.17) is 21.4 Å². The number of hydrogen-bond acceptors (Lipinski definition) is 3. The molecule has 3 aromatic carbocycles. The standard InChI is InChI=1S/C27H27ClFN3O2/c1-16(2)27(33)30-18(4)15-34-22-10-12-25-23(14-22)26(19-5-11-24(28)17(3)13-19)31-32(25)21-8-6-20(29)7-9-21/h5-14,16,18H,15H2,1-4H3,(H,30,33). The van der Waals surface area contributed by atoms with Crippen LogP contribution in [0.4, 0.5) is 4.39 Å². The smallest absolute Gasteiger partial charge is 0.222 e. The monoisotopic (exact) mass is 479 g/mol. The van der Waals surface area contributed by atoms with Gasteiger partial charge in [0.25, 0.3) is 0 Å². The molecule has 4 rings (SSSR count). The maximum absolute atomic E-state index is 13.5. The summed E-state index contributed by atoms with van der Waals surface area (Å²) in [6.45, 7) is 7.91. The van der Waals surface area contributed by atoms with Crippen LogP contribution in [-0.2, 0) is 4.79 Å².